The van der Waals surface area contributed by atoms with E-state index in [0.29, 0.717) is 5.75 Å². The van der Waals surface area contributed by atoms with Gasteiger partial charge in [0, 0.05) is 5.56 Å². The molecule has 1 amide bonds. The lowest BCUT2D eigenvalue weighted by Gasteiger charge is -2.18. The van der Waals surface area contributed by atoms with Gasteiger partial charge in [0.15, 0.2) is 0 Å². The molecule has 0 saturated carbocycles. The van der Waals surface area contributed by atoms with Crippen LogP contribution in [0.3, 0.4) is 0 Å². The van der Waals surface area contributed by atoms with Crippen LogP contribution in [0, 0.1) is 0 Å². The van der Waals surface area contributed by atoms with Crippen LogP contribution in [0.5, 0.6) is 5.75 Å². The Morgan fingerprint density at radius 3 is 2.21 bits per heavy atom. The van der Waals surface area contributed by atoms with Crippen molar-refractivity contribution in [3.8, 4) is 5.75 Å². The van der Waals surface area contributed by atoms with Gasteiger partial charge in [-0.1, -0.05) is 6.07 Å². The molecule has 0 aliphatic heterocycles. The summed E-state index contributed by atoms with van der Waals surface area (Å²) in [5, 5.41) is 17.4. The first-order chi connectivity index (χ1) is 8.93. The highest BCUT2D eigenvalue weighted by Crippen LogP contribution is 2.14. The largest absolute Gasteiger partial charge is 0.497 e. The van der Waals surface area contributed by atoms with Crippen LogP contribution in [0.1, 0.15) is 10.4 Å². The van der Waals surface area contributed by atoms with Crippen molar-refractivity contribution >= 4 is 17.8 Å². The summed E-state index contributed by atoms with van der Waals surface area (Å²) in [7, 11) is 1.43. The van der Waals surface area contributed by atoms with Crippen molar-refractivity contribution in [3.63, 3.8) is 0 Å². The topological polar surface area (TPSA) is 104 Å². The monoisotopic (exact) mass is 267 g/mol. The molecule has 0 aliphatic rings. The number of nitrogens with zero attached hydrogens (tertiary/aromatic N) is 1. The van der Waals surface area contributed by atoms with E-state index in [1.807, 2.05) is 0 Å². The quantitative estimate of drug-likeness (QED) is 0.768. The van der Waals surface area contributed by atoms with Crippen molar-refractivity contribution in [2.45, 2.75) is 0 Å². The third kappa shape index (κ3) is 4.30. The van der Waals surface area contributed by atoms with Crippen LogP contribution in [0.4, 0.5) is 0 Å². The van der Waals surface area contributed by atoms with Crippen molar-refractivity contribution in [2.75, 3.05) is 20.2 Å². The zero-order valence-corrected chi connectivity index (χ0v) is 10.2. The molecule has 1 rings (SSSR count). The van der Waals surface area contributed by atoms with Gasteiger partial charge in [-0.2, -0.15) is 0 Å². The molecule has 102 valence electrons. The van der Waals surface area contributed by atoms with E-state index >= 15 is 0 Å². The number of carbonyl (C=O) groups excluding carboxylic acids is 1. The Morgan fingerprint density at radius 2 is 1.74 bits per heavy atom. The molecule has 0 atom stereocenters. The molecule has 0 fully saturated rings. The molecule has 0 spiro atoms. The molecule has 2 N–H and O–H groups in total. The van der Waals surface area contributed by atoms with Crippen LogP contribution >= 0.6 is 0 Å². The van der Waals surface area contributed by atoms with Crippen molar-refractivity contribution in [3.05, 3.63) is 29.8 Å². The molecule has 0 unspecified atom stereocenters. The van der Waals surface area contributed by atoms with E-state index in [9.17, 15) is 14.4 Å². The third-order valence-electron chi connectivity index (χ3n) is 2.26. The van der Waals surface area contributed by atoms with Gasteiger partial charge in [-0.3, -0.25) is 14.4 Å². The van der Waals surface area contributed by atoms with E-state index in [1.165, 1.54) is 19.2 Å². The molecule has 0 bridgehead atoms. The SMILES string of the molecule is COc1cccc(C(=O)N(CC(=O)O)CC(=O)O)c1. The fourth-order valence-corrected chi connectivity index (χ4v) is 1.46. The predicted molar refractivity (Wildman–Crippen MR) is 64.2 cm³/mol. The second-order valence-electron chi connectivity index (χ2n) is 3.68. The van der Waals surface area contributed by atoms with E-state index in [2.05, 4.69) is 0 Å². The lowest BCUT2D eigenvalue weighted by Crippen LogP contribution is -2.39. The number of amides is 1. The number of carboxylic acid groups (broad SMARTS) is 2. The third-order valence-corrected chi connectivity index (χ3v) is 2.26. The van der Waals surface area contributed by atoms with Gasteiger partial charge in [-0.15, -0.1) is 0 Å². The van der Waals surface area contributed by atoms with Crippen molar-refractivity contribution in [2.24, 2.45) is 0 Å². The summed E-state index contributed by atoms with van der Waals surface area (Å²) >= 11 is 0. The Hall–Kier alpha value is -2.57. The fourth-order valence-electron chi connectivity index (χ4n) is 1.46. The summed E-state index contributed by atoms with van der Waals surface area (Å²) in [4.78, 5) is 34.0. The molecular weight excluding hydrogens is 254 g/mol. The van der Waals surface area contributed by atoms with Gasteiger partial charge >= 0.3 is 11.9 Å². The molecule has 0 aromatic heterocycles. The van der Waals surface area contributed by atoms with E-state index in [-0.39, 0.29) is 5.56 Å². The zero-order valence-electron chi connectivity index (χ0n) is 10.2. The van der Waals surface area contributed by atoms with Crippen LogP contribution in [-0.4, -0.2) is 53.2 Å². The second-order valence-corrected chi connectivity index (χ2v) is 3.68. The van der Waals surface area contributed by atoms with Crippen molar-refractivity contribution in [1.29, 1.82) is 0 Å². The number of hydrogen-bond acceptors (Lipinski definition) is 4. The average Bonchev–Trinajstić information content (AvgIpc) is 2.36. The van der Waals surface area contributed by atoms with Gasteiger partial charge in [0.2, 0.25) is 0 Å². The normalized spacial score (nSPS) is 9.74. The lowest BCUT2D eigenvalue weighted by atomic mass is 10.2. The second kappa shape index (κ2) is 6.39. The molecule has 0 heterocycles. The maximum Gasteiger partial charge on any atom is 0.323 e. The van der Waals surface area contributed by atoms with Gasteiger partial charge in [0.05, 0.1) is 7.11 Å². The number of ether oxygens (including phenoxy) is 1. The minimum atomic E-state index is -1.28. The number of carboxylic acids is 2. The number of hydrogen-bond donors (Lipinski definition) is 2. The highest BCUT2D eigenvalue weighted by atomic mass is 16.5. The zero-order chi connectivity index (χ0) is 14.4. The standard InChI is InChI=1S/C12H13NO6/c1-19-9-4-2-3-8(5-9)12(18)13(6-10(14)15)7-11(16)17/h2-5H,6-7H2,1H3,(H,14,15)(H,16,17). The number of benzene rings is 1. The van der Waals surface area contributed by atoms with Crippen LogP contribution in [0.25, 0.3) is 0 Å². The summed E-state index contributed by atoms with van der Waals surface area (Å²) < 4.78 is 4.94. The highest BCUT2D eigenvalue weighted by Gasteiger charge is 2.21. The van der Waals surface area contributed by atoms with E-state index < -0.39 is 30.9 Å². The maximum absolute atomic E-state index is 12.0. The van der Waals surface area contributed by atoms with Gasteiger partial charge in [-0.05, 0) is 18.2 Å². The Labute approximate surface area is 109 Å². The first kappa shape index (κ1) is 14.5. The Morgan fingerprint density at radius 1 is 1.16 bits per heavy atom. The smallest absolute Gasteiger partial charge is 0.323 e. The molecule has 1 aromatic rings. The number of aliphatic carboxylic acids is 2. The molecule has 7 heteroatoms. The average molecular weight is 267 g/mol. The highest BCUT2D eigenvalue weighted by molar-refractivity contribution is 5.97. The summed E-state index contributed by atoms with van der Waals surface area (Å²) in [5.74, 6) is -2.81. The van der Waals surface area contributed by atoms with E-state index in [0.717, 1.165) is 4.90 Å². The molecule has 0 saturated heterocycles. The minimum absolute atomic E-state index is 0.168. The van der Waals surface area contributed by atoms with Crippen molar-refractivity contribution in [1.82, 2.24) is 4.90 Å². The summed E-state index contributed by atoms with van der Waals surface area (Å²) in [6.45, 7) is -1.36. The molecule has 0 radical (unpaired) electrons. The summed E-state index contributed by atoms with van der Waals surface area (Å²) in [6, 6.07) is 6.06. The Balaban J connectivity index is 2.96. The first-order valence-electron chi connectivity index (χ1n) is 5.31. The molecule has 7 nitrogen and oxygen atoms in total. The molecule has 19 heavy (non-hydrogen) atoms. The van der Waals surface area contributed by atoms with E-state index in [4.69, 9.17) is 14.9 Å². The molecule has 1 aromatic carbocycles. The van der Waals surface area contributed by atoms with Crippen LogP contribution in [0.2, 0.25) is 0 Å². The van der Waals surface area contributed by atoms with Gasteiger partial charge in [0.25, 0.3) is 5.91 Å². The number of methoxy groups -OCH3 is 1. The Bertz CT molecular complexity index is 483. The lowest BCUT2D eigenvalue weighted by molar-refractivity contribution is -0.140. The summed E-state index contributed by atoms with van der Waals surface area (Å²) in [5.41, 5.74) is 0.168. The van der Waals surface area contributed by atoms with Crippen LogP contribution < -0.4 is 4.74 Å². The van der Waals surface area contributed by atoms with Gasteiger partial charge < -0.3 is 19.8 Å². The maximum atomic E-state index is 12.0. The van der Waals surface area contributed by atoms with Crippen LogP contribution in [0.15, 0.2) is 24.3 Å². The van der Waals surface area contributed by atoms with Gasteiger partial charge in [0.1, 0.15) is 18.8 Å². The number of carbonyl (C=O) groups is 3. The fraction of sp³-hybridized carbons (Fsp3) is 0.250. The number of rotatable bonds is 6. The minimum Gasteiger partial charge on any atom is -0.497 e. The Kier molecular flexibility index (Phi) is 4.87. The van der Waals surface area contributed by atoms with Gasteiger partial charge in [-0.25, -0.2) is 0 Å². The van der Waals surface area contributed by atoms with E-state index in [1.54, 1.807) is 12.1 Å². The molecule has 0 aliphatic carbocycles. The summed E-state index contributed by atoms with van der Waals surface area (Å²) in [6.07, 6.45) is 0. The van der Waals surface area contributed by atoms with Crippen molar-refractivity contribution < 1.29 is 29.3 Å². The molecular formula is C12H13NO6. The predicted octanol–water partition coefficient (Wildman–Crippen LogP) is 0.307. The first-order valence-corrected chi connectivity index (χ1v) is 5.31. The van der Waals surface area contributed by atoms with Crippen LogP contribution in [-0.2, 0) is 9.59 Å².